The minimum Gasteiger partial charge on any atom is -0.503 e. The molecule has 0 aliphatic heterocycles. The molecule has 0 fully saturated rings. The second-order valence-corrected chi connectivity index (χ2v) is 23.9. The van der Waals surface area contributed by atoms with Crippen molar-refractivity contribution in [2.75, 3.05) is 14.7 Å². The van der Waals surface area contributed by atoms with Crippen LogP contribution in [0.25, 0.3) is 11.1 Å². The van der Waals surface area contributed by atoms with Gasteiger partial charge in [-0.2, -0.15) is 0 Å². The van der Waals surface area contributed by atoms with E-state index >= 15 is 0 Å². The number of fused-ring (bicyclic) bond motifs is 3. The molecule has 0 bridgehead atoms. The fourth-order valence-corrected chi connectivity index (χ4v) is 10.5. The van der Waals surface area contributed by atoms with Crippen LogP contribution in [0.1, 0.15) is 111 Å². The van der Waals surface area contributed by atoms with E-state index in [4.69, 9.17) is 0 Å². The average Bonchev–Trinajstić information content (AvgIpc) is 3.72. The number of aliphatic carboxylic acids is 1. The van der Waals surface area contributed by atoms with Gasteiger partial charge in [0.1, 0.15) is 5.69 Å². The number of nitrogens with zero attached hydrogens (tertiary/aromatic N) is 3. The van der Waals surface area contributed by atoms with Crippen LogP contribution in [0.5, 0.6) is 28.7 Å². The van der Waals surface area contributed by atoms with Crippen molar-refractivity contribution < 1.29 is 50.8 Å². The largest absolute Gasteiger partial charge is 0.503 e. The lowest BCUT2D eigenvalue weighted by Crippen LogP contribution is -2.21. The molecule has 1 aliphatic rings. The van der Waals surface area contributed by atoms with E-state index in [2.05, 4.69) is 182 Å². The first-order valence-corrected chi connectivity index (χ1v) is 25.9. The maximum absolute atomic E-state index is 11.8. The summed E-state index contributed by atoms with van der Waals surface area (Å²) in [4.78, 5) is 17.0. The Bertz CT molecular complexity index is 3460. The van der Waals surface area contributed by atoms with E-state index in [-0.39, 0.29) is 16.5 Å². The van der Waals surface area contributed by atoms with Crippen LogP contribution < -0.4 is 14.7 Å². The van der Waals surface area contributed by atoms with E-state index in [1.54, 1.807) is 12.1 Å². The van der Waals surface area contributed by atoms with Crippen molar-refractivity contribution >= 4 is 67.4 Å². The minimum atomic E-state index is -1.98. The Labute approximate surface area is 458 Å². The molecule has 8 rings (SSSR count). The molecule has 1 aliphatic carbocycles. The molecule has 0 spiro atoms. The summed E-state index contributed by atoms with van der Waals surface area (Å²) in [6, 6.07) is 42.5. The molecule has 0 heterocycles. The minimum absolute atomic E-state index is 0.00836. The van der Waals surface area contributed by atoms with Gasteiger partial charge in [-0.1, -0.05) is 137 Å². The second kappa shape index (κ2) is 19.7. The van der Waals surface area contributed by atoms with Gasteiger partial charge in [-0.05, 0) is 145 Å². The number of aliphatic hydroxyl groups excluding tert-OH is 3. The molecule has 14 heteroatoms. The Morgan fingerprint density at radius 3 is 1.38 bits per heavy atom. The molecule has 9 N–H and O–H groups in total. The Balaban J connectivity index is 1.48. The number of phenols is 5. The normalized spacial score (nSPS) is 13.8. The highest BCUT2D eigenvalue weighted by atomic mass is 79.9. The van der Waals surface area contributed by atoms with Crippen molar-refractivity contribution in [2.24, 2.45) is 0 Å². The van der Waals surface area contributed by atoms with Gasteiger partial charge in [0.05, 0.1) is 21.5 Å². The molecular formula is C63H66BrN3O10. The van der Waals surface area contributed by atoms with Crippen LogP contribution in [0.3, 0.4) is 0 Å². The van der Waals surface area contributed by atoms with Crippen LogP contribution in [-0.4, -0.2) is 51.9 Å². The standard InChI is InChI=1S/C63H66BrN3O10/c1-34(51(68)54(71)58(75)59(76)77)65(50-52(69)55(72)57(74)56(73)53(50)70)40-16-15-17-41(32-40)67(42-28-29-44-43-18-13-14-19-45(43)63(11,12)46(44)33-42)48-31-37(62(8,9)10)30-47(49(48)64)66(38-24-20-35(21-25-38)60(2,3)4)39-26-22-36(23-27-39)61(5,6)7/h13-33,68-75H,1-12H3,(H,76,77)/b51-34-,58-54-. The monoisotopic (exact) mass is 1100 g/mol. The van der Waals surface area contributed by atoms with Gasteiger partial charge in [0.2, 0.25) is 28.8 Å². The van der Waals surface area contributed by atoms with Crippen molar-refractivity contribution in [1.82, 2.24) is 0 Å². The lowest BCUT2D eigenvalue weighted by Gasteiger charge is -2.35. The first-order chi connectivity index (χ1) is 35.9. The van der Waals surface area contributed by atoms with Gasteiger partial charge >= 0.3 is 5.97 Å². The Hall–Kier alpha value is -8.23. The Kier molecular flexibility index (Phi) is 14.1. The zero-order valence-electron chi connectivity index (χ0n) is 45.3. The predicted octanol–water partition coefficient (Wildman–Crippen LogP) is 16.5. The number of benzene rings is 7. The Morgan fingerprint density at radius 1 is 0.455 bits per heavy atom. The van der Waals surface area contributed by atoms with Gasteiger partial charge in [-0.3, -0.25) is 0 Å². The number of allylic oxidation sites excluding steroid dienone is 1. The van der Waals surface area contributed by atoms with Crippen molar-refractivity contribution in [3.63, 3.8) is 0 Å². The molecule has 77 heavy (non-hydrogen) atoms. The van der Waals surface area contributed by atoms with E-state index < -0.39 is 74.2 Å². The van der Waals surface area contributed by atoms with E-state index in [1.165, 1.54) is 6.07 Å². The molecule has 7 aromatic carbocycles. The quantitative estimate of drug-likeness (QED) is 0.0194. The van der Waals surface area contributed by atoms with Crippen LogP contribution in [0, 0.1) is 0 Å². The molecule has 7 aromatic rings. The summed E-state index contributed by atoms with van der Waals surface area (Å²) in [5, 5.41) is 97.5. The molecule has 0 aromatic heterocycles. The fourth-order valence-electron chi connectivity index (χ4n) is 9.90. The predicted molar refractivity (Wildman–Crippen MR) is 309 cm³/mol. The summed E-state index contributed by atoms with van der Waals surface area (Å²) in [6.07, 6.45) is 0. The van der Waals surface area contributed by atoms with E-state index in [0.717, 1.165) is 67.8 Å². The highest BCUT2D eigenvalue weighted by Crippen LogP contribution is 2.59. The number of carboxylic acid groups (broad SMARTS) is 1. The maximum atomic E-state index is 11.8. The molecule has 13 nitrogen and oxygen atoms in total. The van der Waals surface area contributed by atoms with Gasteiger partial charge in [0.15, 0.2) is 17.3 Å². The average molecular weight is 1110 g/mol. The summed E-state index contributed by atoms with van der Waals surface area (Å²) < 4.78 is 0.673. The van der Waals surface area contributed by atoms with Gasteiger partial charge < -0.3 is 60.7 Å². The maximum Gasteiger partial charge on any atom is 0.375 e. The molecule has 0 saturated carbocycles. The summed E-state index contributed by atoms with van der Waals surface area (Å²) in [5.41, 5.74) is 9.65. The third kappa shape index (κ3) is 9.94. The smallest absolute Gasteiger partial charge is 0.375 e. The lowest BCUT2D eigenvalue weighted by molar-refractivity contribution is -0.135. The summed E-state index contributed by atoms with van der Waals surface area (Å²) in [6.45, 7) is 25.0. The van der Waals surface area contributed by atoms with Crippen LogP contribution in [0.15, 0.2) is 155 Å². The number of phenolic OH excluding ortho intramolecular Hbond substituents is 5. The third-order valence-electron chi connectivity index (χ3n) is 14.4. The first-order valence-electron chi connectivity index (χ1n) is 25.1. The number of aliphatic hydroxyl groups is 3. The SMILES string of the molecule is C/C(=C(O)\C(O)=C(\O)C(=O)O)N(c1cccc(N(c2ccc3c(c2)C(C)(C)c2ccccc2-3)c2cc(C(C)(C)C)cc(N(c3ccc(C(C)(C)C)cc3)c3ccc(C(C)(C)C)cc3)c2Br)c1)c1c(O)c(O)c(O)c(O)c1O. The van der Waals surface area contributed by atoms with Crippen LogP contribution in [0.4, 0.5) is 45.5 Å². The highest BCUT2D eigenvalue weighted by Gasteiger charge is 2.37. The van der Waals surface area contributed by atoms with Gasteiger partial charge in [0, 0.05) is 33.9 Å². The summed E-state index contributed by atoms with van der Waals surface area (Å²) >= 11 is 4.20. The summed E-state index contributed by atoms with van der Waals surface area (Å²) in [7, 11) is 0. The van der Waals surface area contributed by atoms with E-state index in [0.29, 0.717) is 21.5 Å². The van der Waals surface area contributed by atoms with E-state index in [9.17, 15) is 50.8 Å². The molecule has 0 atom stereocenters. The van der Waals surface area contributed by atoms with Crippen LogP contribution in [0.2, 0.25) is 0 Å². The number of aromatic hydroxyl groups is 5. The number of carbonyl (C=O) groups is 1. The van der Waals surface area contributed by atoms with Crippen molar-refractivity contribution in [3.8, 4) is 39.9 Å². The number of rotatable bonds is 11. The molecular weight excluding hydrogens is 1040 g/mol. The Morgan fingerprint density at radius 2 is 0.883 bits per heavy atom. The first kappa shape index (κ1) is 55.0. The van der Waals surface area contributed by atoms with Crippen molar-refractivity contribution in [2.45, 2.75) is 105 Å². The van der Waals surface area contributed by atoms with Crippen LogP contribution >= 0.6 is 15.9 Å². The van der Waals surface area contributed by atoms with E-state index in [1.807, 2.05) is 29.2 Å². The zero-order valence-corrected chi connectivity index (χ0v) is 46.9. The van der Waals surface area contributed by atoms with Gasteiger partial charge in [0.25, 0.3) is 0 Å². The number of hydrogen-bond donors (Lipinski definition) is 9. The van der Waals surface area contributed by atoms with Gasteiger partial charge in [-0.25, -0.2) is 4.79 Å². The molecule has 0 radical (unpaired) electrons. The number of hydrogen-bond acceptors (Lipinski definition) is 12. The van der Waals surface area contributed by atoms with Crippen LogP contribution in [-0.2, 0) is 26.5 Å². The number of halogens is 1. The highest BCUT2D eigenvalue weighted by molar-refractivity contribution is 9.10. The second-order valence-electron chi connectivity index (χ2n) is 23.1. The van der Waals surface area contributed by atoms with Gasteiger partial charge in [-0.15, -0.1) is 0 Å². The lowest BCUT2D eigenvalue weighted by atomic mass is 9.82. The third-order valence-corrected chi connectivity index (χ3v) is 15.2. The molecule has 0 saturated heterocycles. The summed E-state index contributed by atoms with van der Waals surface area (Å²) in [5.74, 6) is -12.4. The molecule has 400 valence electrons. The number of carboxylic acids is 1. The molecule has 0 amide bonds. The van der Waals surface area contributed by atoms with Crippen molar-refractivity contribution in [3.05, 3.63) is 183 Å². The number of anilines is 8. The zero-order chi connectivity index (χ0) is 56.6. The van der Waals surface area contributed by atoms with Crippen molar-refractivity contribution in [1.29, 1.82) is 0 Å². The topological polar surface area (TPSA) is 209 Å². The molecule has 0 unspecified atom stereocenters. The fraction of sp³-hybridized carbons (Fsp3) is 0.254.